The maximum absolute atomic E-state index is 13.4. The van der Waals surface area contributed by atoms with Crippen molar-refractivity contribution in [2.45, 2.75) is 33.2 Å². The fourth-order valence-corrected chi connectivity index (χ4v) is 3.96. The molecule has 0 saturated heterocycles. The van der Waals surface area contributed by atoms with Crippen LogP contribution in [0.1, 0.15) is 57.2 Å². The first-order valence-corrected chi connectivity index (χ1v) is 11.0. The van der Waals surface area contributed by atoms with Gasteiger partial charge in [-0.15, -0.1) is 0 Å². The minimum absolute atomic E-state index is 0.0341. The zero-order valence-corrected chi connectivity index (χ0v) is 19.0. The summed E-state index contributed by atoms with van der Waals surface area (Å²) in [6, 6.07) is 18.0. The molecule has 0 aliphatic heterocycles. The molecule has 0 aliphatic carbocycles. The highest BCUT2D eigenvalue weighted by molar-refractivity contribution is 6.14. The molecule has 4 aromatic rings. The molecule has 0 aliphatic rings. The number of anilines is 1. The molecule has 0 fully saturated rings. The molecule has 2 heterocycles. The quantitative estimate of drug-likeness (QED) is 0.441. The standard InChI is InChI=1S/C26H24N6O2/c1-3-20-24(23(4-2)32(31-20)15-17-11-9-16(14-27)10-12-17)30-26(34)19-13-22(25(28)33)29-21-8-6-5-7-18(19)21/h5-13H,3-4,15H2,1-2H3,(H2,28,33)(H,30,34). The van der Waals surface area contributed by atoms with Crippen molar-refractivity contribution in [3.8, 4) is 6.07 Å². The van der Waals surface area contributed by atoms with Crippen LogP contribution in [0.25, 0.3) is 10.9 Å². The van der Waals surface area contributed by atoms with Crippen LogP contribution in [0.2, 0.25) is 0 Å². The van der Waals surface area contributed by atoms with Crippen molar-refractivity contribution < 1.29 is 9.59 Å². The predicted molar refractivity (Wildman–Crippen MR) is 129 cm³/mol. The van der Waals surface area contributed by atoms with Crippen LogP contribution < -0.4 is 11.1 Å². The second-order valence-corrected chi connectivity index (χ2v) is 7.83. The Morgan fingerprint density at radius 3 is 2.47 bits per heavy atom. The number of aromatic nitrogens is 3. The van der Waals surface area contributed by atoms with E-state index in [0.29, 0.717) is 47.1 Å². The van der Waals surface area contributed by atoms with Gasteiger partial charge in [0.05, 0.1) is 46.3 Å². The van der Waals surface area contributed by atoms with Gasteiger partial charge in [0, 0.05) is 5.39 Å². The largest absolute Gasteiger partial charge is 0.364 e. The third kappa shape index (κ3) is 4.36. The monoisotopic (exact) mass is 452 g/mol. The van der Waals surface area contributed by atoms with Crippen LogP contribution in [0.3, 0.4) is 0 Å². The molecule has 2 aromatic carbocycles. The van der Waals surface area contributed by atoms with Crippen molar-refractivity contribution in [3.63, 3.8) is 0 Å². The lowest BCUT2D eigenvalue weighted by molar-refractivity contribution is 0.0996. The van der Waals surface area contributed by atoms with Gasteiger partial charge in [0.2, 0.25) is 0 Å². The third-order valence-corrected chi connectivity index (χ3v) is 5.67. The number of pyridine rings is 1. The average Bonchev–Trinajstić information content (AvgIpc) is 3.19. The lowest BCUT2D eigenvalue weighted by atomic mass is 10.1. The Kier molecular flexibility index (Phi) is 6.37. The van der Waals surface area contributed by atoms with Crippen molar-refractivity contribution in [2.24, 2.45) is 5.73 Å². The molecular formula is C26H24N6O2. The number of hydrogen-bond donors (Lipinski definition) is 2. The maximum atomic E-state index is 13.4. The topological polar surface area (TPSA) is 127 Å². The second kappa shape index (κ2) is 9.55. The molecule has 0 spiro atoms. The number of carbonyl (C=O) groups is 2. The van der Waals surface area contributed by atoms with E-state index in [1.165, 1.54) is 6.07 Å². The van der Waals surface area contributed by atoms with Crippen molar-refractivity contribution in [1.82, 2.24) is 14.8 Å². The van der Waals surface area contributed by atoms with Crippen LogP contribution in [0, 0.1) is 11.3 Å². The van der Waals surface area contributed by atoms with E-state index in [0.717, 1.165) is 17.0 Å². The van der Waals surface area contributed by atoms with Gasteiger partial charge in [0.1, 0.15) is 5.69 Å². The number of benzene rings is 2. The van der Waals surface area contributed by atoms with E-state index in [2.05, 4.69) is 16.4 Å². The summed E-state index contributed by atoms with van der Waals surface area (Å²) in [6.45, 7) is 4.51. The summed E-state index contributed by atoms with van der Waals surface area (Å²) in [6.07, 6.45) is 1.29. The minimum atomic E-state index is -0.696. The second-order valence-electron chi connectivity index (χ2n) is 7.83. The number of carbonyl (C=O) groups excluding carboxylic acids is 2. The molecule has 8 nitrogen and oxygen atoms in total. The summed E-state index contributed by atoms with van der Waals surface area (Å²) in [5.41, 5.74) is 10.3. The fraction of sp³-hybridized carbons (Fsp3) is 0.192. The van der Waals surface area contributed by atoms with Gasteiger partial charge < -0.3 is 11.1 Å². The van der Waals surface area contributed by atoms with Crippen LogP contribution in [0.4, 0.5) is 5.69 Å². The molecule has 34 heavy (non-hydrogen) atoms. The van der Waals surface area contributed by atoms with Gasteiger partial charge in [-0.1, -0.05) is 44.2 Å². The summed E-state index contributed by atoms with van der Waals surface area (Å²) in [7, 11) is 0. The first-order valence-electron chi connectivity index (χ1n) is 11.0. The predicted octanol–water partition coefficient (Wildman–Crippen LogP) is 3.83. The summed E-state index contributed by atoms with van der Waals surface area (Å²) in [5, 5.41) is 17.4. The summed E-state index contributed by atoms with van der Waals surface area (Å²) in [5.74, 6) is -1.05. The Balaban J connectivity index is 1.72. The highest BCUT2D eigenvalue weighted by Crippen LogP contribution is 2.26. The molecule has 0 radical (unpaired) electrons. The van der Waals surface area contributed by atoms with Gasteiger partial charge >= 0.3 is 0 Å². The van der Waals surface area contributed by atoms with E-state index in [9.17, 15) is 9.59 Å². The SMILES string of the molecule is CCc1nn(Cc2ccc(C#N)cc2)c(CC)c1NC(=O)c1cc(C(N)=O)nc2ccccc12. The number of hydrogen-bond acceptors (Lipinski definition) is 5. The van der Waals surface area contributed by atoms with Crippen molar-refractivity contribution in [3.05, 3.63) is 88.4 Å². The Labute approximate surface area is 197 Å². The summed E-state index contributed by atoms with van der Waals surface area (Å²) in [4.78, 5) is 29.5. The molecule has 0 atom stereocenters. The van der Waals surface area contributed by atoms with Gasteiger partial charge in [-0.2, -0.15) is 10.4 Å². The normalized spacial score (nSPS) is 10.7. The Morgan fingerprint density at radius 1 is 1.09 bits per heavy atom. The van der Waals surface area contributed by atoms with Gasteiger partial charge in [0.15, 0.2) is 0 Å². The molecule has 4 rings (SSSR count). The first kappa shape index (κ1) is 22.7. The van der Waals surface area contributed by atoms with Crippen molar-refractivity contribution >= 4 is 28.4 Å². The zero-order chi connectivity index (χ0) is 24.2. The third-order valence-electron chi connectivity index (χ3n) is 5.67. The molecule has 0 unspecified atom stereocenters. The number of nitrogens with zero attached hydrogens (tertiary/aromatic N) is 4. The van der Waals surface area contributed by atoms with E-state index in [1.54, 1.807) is 30.3 Å². The number of primary amides is 1. The molecule has 3 N–H and O–H groups in total. The zero-order valence-electron chi connectivity index (χ0n) is 19.0. The number of fused-ring (bicyclic) bond motifs is 1. The average molecular weight is 453 g/mol. The lowest BCUT2D eigenvalue weighted by Gasteiger charge is -2.12. The van der Waals surface area contributed by atoms with Gasteiger partial charge in [0.25, 0.3) is 11.8 Å². The van der Waals surface area contributed by atoms with E-state index >= 15 is 0 Å². The number of nitrogens with two attached hydrogens (primary N) is 1. The van der Waals surface area contributed by atoms with Crippen LogP contribution >= 0.6 is 0 Å². The summed E-state index contributed by atoms with van der Waals surface area (Å²) >= 11 is 0. The number of aryl methyl sites for hydroxylation is 1. The fourth-order valence-electron chi connectivity index (χ4n) is 3.96. The molecule has 8 heteroatoms. The van der Waals surface area contributed by atoms with Gasteiger partial charge in [-0.25, -0.2) is 4.98 Å². The number of amides is 2. The van der Waals surface area contributed by atoms with E-state index in [4.69, 9.17) is 16.1 Å². The van der Waals surface area contributed by atoms with Gasteiger partial charge in [-0.3, -0.25) is 14.3 Å². The minimum Gasteiger partial charge on any atom is -0.364 e. The molecule has 0 bridgehead atoms. The van der Waals surface area contributed by atoms with E-state index in [-0.39, 0.29) is 11.6 Å². The maximum Gasteiger partial charge on any atom is 0.267 e. The molecular weight excluding hydrogens is 428 g/mol. The smallest absolute Gasteiger partial charge is 0.267 e. The van der Waals surface area contributed by atoms with E-state index in [1.807, 2.05) is 36.7 Å². The number of nitrogens with one attached hydrogen (secondary N) is 1. The Bertz CT molecular complexity index is 1430. The first-order chi connectivity index (χ1) is 16.4. The number of para-hydroxylation sites is 1. The molecule has 170 valence electrons. The Hall–Kier alpha value is -4.51. The van der Waals surface area contributed by atoms with Crippen molar-refractivity contribution in [1.29, 1.82) is 5.26 Å². The summed E-state index contributed by atoms with van der Waals surface area (Å²) < 4.78 is 1.88. The highest BCUT2D eigenvalue weighted by atomic mass is 16.2. The van der Waals surface area contributed by atoms with Crippen LogP contribution in [-0.4, -0.2) is 26.6 Å². The van der Waals surface area contributed by atoms with Crippen LogP contribution in [0.5, 0.6) is 0 Å². The number of nitriles is 1. The molecule has 0 saturated carbocycles. The number of rotatable bonds is 7. The van der Waals surface area contributed by atoms with Gasteiger partial charge in [-0.05, 0) is 42.7 Å². The van der Waals surface area contributed by atoms with E-state index < -0.39 is 5.91 Å². The van der Waals surface area contributed by atoms with Crippen molar-refractivity contribution in [2.75, 3.05) is 5.32 Å². The Morgan fingerprint density at radius 2 is 1.82 bits per heavy atom. The molecule has 2 amide bonds. The lowest BCUT2D eigenvalue weighted by Crippen LogP contribution is -2.18. The highest BCUT2D eigenvalue weighted by Gasteiger charge is 2.21. The van der Waals surface area contributed by atoms with Crippen LogP contribution in [0.15, 0.2) is 54.6 Å². The van der Waals surface area contributed by atoms with Crippen LogP contribution in [-0.2, 0) is 19.4 Å². The molecule has 2 aromatic heterocycles.